The van der Waals surface area contributed by atoms with Gasteiger partial charge >= 0.3 is 5.97 Å². The molecule has 0 spiro atoms. The van der Waals surface area contributed by atoms with Gasteiger partial charge in [0.2, 0.25) is 0 Å². The van der Waals surface area contributed by atoms with E-state index >= 15 is 0 Å². The summed E-state index contributed by atoms with van der Waals surface area (Å²) < 4.78 is 4.68. The smallest absolute Gasteiger partial charge is 0.337 e. The van der Waals surface area contributed by atoms with Crippen LogP contribution in [0.15, 0.2) is 29.2 Å². The van der Waals surface area contributed by atoms with Crippen LogP contribution < -0.4 is 5.73 Å². The van der Waals surface area contributed by atoms with Gasteiger partial charge in [0.25, 0.3) is 0 Å². The Morgan fingerprint density at radius 1 is 1.22 bits per heavy atom. The number of hydrogen-bond acceptors (Lipinski definition) is 4. The van der Waals surface area contributed by atoms with Crippen LogP contribution in [0, 0.1) is 0 Å². The molecule has 0 heterocycles. The largest absolute Gasteiger partial charge is 0.465 e. The number of rotatable bonds is 3. The summed E-state index contributed by atoms with van der Waals surface area (Å²) in [6.45, 7) is 0. The minimum Gasteiger partial charge on any atom is -0.465 e. The van der Waals surface area contributed by atoms with E-state index in [1.54, 1.807) is 0 Å². The first-order chi connectivity index (χ1) is 8.69. The Kier molecular flexibility index (Phi) is 4.66. The van der Waals surface area contributed by atoms with Crippen LogP contribution >= 0.6 is 11.8 Å². The fourth-order valence-electron chi connectivity index (χ4n) is 2.19. The van der Waals surface area contributed by atoms with Crippen molar-refractivity contribution in [3.8, 4) is 0 Å². The van der Waals surface area contributed by atoms with Gasteiger partial charge in [-0.2, -0.15) is 0 Å². The Balaban J connectivity index is 1.92. The average molecular weight is 265 g/mol. The van der Waals surface area contributed by atoms with Crippen molar-refractivity contribution in [3.05, 3.63) is 29.8 Å². The summed E-state index contributed by atoms with van der Waals surface area (Å²) in [6, 6.07) is 8.02. The van der Waals surface area contributed by atoms with Gasteiger partial charge in [0.15, 0.2) is 0 Å². The second-order valence-electron chi connectivity index (χ2n) is 4.67. The van der Waals surface area contributed by atoms with Gasteiger partial charge in [0.1, 0.15) is 0 Å². The van der Waals surface area contributed by atoms with Crippen molar-refractivity contribution in [2.45, 2.75) is 41.9 Å². The zero-order chi connectivity index (χ0) is 13.0. The summed E-state index contributed by atoms with van der Waals surface area (Å²) >= 11 is 1.89. The fourth-order valence-corrected chi connectivity index (χ4v) is 3.37. The van der Waals surface area contributed by atoms with E-state index in [-0.39, 0.29) is 5.97 Å². The number of hydrogen-bond donors (Lipinski definition) is 1. The molecule has 1 saturated carbocycles. The lowest BCUT2D eigenvalue weighted by atomic mass is 9.96. The Bertz CT molecular complexity index is 397. The number of esters is 1. The highest BCUT2D eigenvalue weighted by Gasteiger charge is 2.19. The van der Waals surface area contributed by atoms with Crippen molar-refractivity contribution in [1.82, 2.24) is 0 Å². The van der Waals surface area contributed by atoms with Crippen molar-refractivity contribution in [1.29, 1.82) is 0 Å². The van der Waals surface area contributed by atoms with Crippen molar-refractivity contribution >= 4 is 17.7 Å². The van der Waals surface area contributed by atoms with Gasteiger partial charge < -0.3 is 10.5 Å². The van der Waals surface area contributed by atoms with E-state index in [1.165, 1.54) is 24.8 Å². The van der Waals surface area contributed by atoms with Gasteiger partial charge in [-0.05, 0) is 49.9 Å². The number of carbonyl (C=O) groups is 1. The van der Waals surface area contributed by atoms with E-state index in [1.807, 2.05) is 36.0 Å². The van der Waals surface area contributed by atoms with Gasteiger partial charge in [-0.1, -0.05) is 0 Å². The third-order valence-electron chi connectivity index (χ3n) is 3.30. The zero-order valence-electron chi connectivity index (χ0n) is 10.6. The number of methoxy groups -OCH3 is 1. The first kappa shape index (κ1) is 13.4. The average Bonchev–Trinajstić information content (AvgIpc) is 2.41. The maximum Gasteiger partial charge on any atom is 0.337 e. The van der Waals surface area contributed by atoms with Crippen LogP contribution in [-0.4, -0.2) is 24.4 Å². The molecule has 4 heteroatoms. The molecule has 2 N–H and O–H groups in total. The molecule has 0 radical (unpaired) electrons. The van der Waals surface area contributed by atoms with Gasteiger partial charge in [-0.25, -0.2) is 4.79 Å². The van der Waals surface area contributed by atoms with Gasteiger partial charge in [0, 0.05) is 16.2 Å². The molecule has 0 amide bonds. The van der Waals surface area contributed by atoms with E-state index in [4.69, 9.17) is 5.73 Å². The zero-order valence-corrected chi connectivity index (χ0v) is 11.4. The second-order valence-corrected chi connectivity index (χ2v) is 6.04. The predicted molar refractivity (Wildman–Crippen MR) is 73.9 cm³/mol. The molecule has 1 fully saturated rings. The summed E-state index contributed by atoms with van der Waals surface area (Å²) in [5.74, 6) is -0.282. The molecule has 0 saturated heterocycles. The van der Waals surface area contributed by atoms with Crippen molar-refractivity contribution in [3.63, 3.8) is 0 Å². The van der Waals surface area contributed by atoms with Crippen LogP contribution in [0.2, 0.25) is 0 Å². The predicted octanol–water partition coefficient (Wildman–Crippen LogP) is 2.84. The van der Waals surface area contributed by atoms with E-state index in [2.05, 4.69) is 4.74 Å². The minimum absolute atomic E-state index is 0.282. The number of carbonyl (C=O) groups excluding carboxylic acids is 1. The van der Waals surface area contributed by atoms with Crippen LogP contribution in [0.5, 0.6) is 0 Å². The van der Waals surface area contributed by atoms with Crippen LogP contribution in [0.25, 0.3) is 0 Å². The highest BCUT2D eigenvalue weighted by molar-refractivity contribution is 8.00. The van der Waals surface area contributed by atoms with E-state index in [0.29, 0.717) is 16.9 Å². The molecule has 2 rings (SSSR count). The lowest BCUT2D eigenvalue weighted by Gasteiger charge is -2.25. The standard InChI is InChI=1S/C14H19NO2S/c1-17-14(16)10-2-6-12(7-3-10)18-13-8-4-11(15)5-9-13/h2-3,6-7,11,13H,4-5,8-9,15H2,1H3. The lowest BCUT2D eigenvalue weighted by molar-refractivity contribution is 0.0600. The normalized spacial score (nSPS) is 23.7. The molecule has 1 aliphatic rings. The molecule has 1 aliphatic carbocycles. The third kappa shape index (κ3) is 3.50. The molecule has 1 aromatic rings. The van der Waals surface area contributed by atoms with Crippen molar-refractivity contribution in [2.24, 2.45) is 5.73 Å². The molecule has 1 aromatic carbocycles. The highest BCUT2D eigenvalue weighted by Crippen LogP contribution is 2.33. The SMILES string of the molecule is COC(=O)c1ccc(SC2CCC(N)CC2)cc1. The van der Waals surface area contributed by atoms with Crippen LogP contribution in [0.3, 0.4) is 0 Å². The summed E-state index contributed by atoms with van der Waals surface area (Å²) in [6.07, 6.45) is 4.62. The monoisotopic (exact) mass is 265 g/mol. The second kappa shape index (κ2) is 6.25. The number of benzene rings is 1. The summed E-state index contributed by atoms with van der Waals surface area (Å²) in [5, 5.41) is 0.661. The molecule has 0 bridgehead atoms. The van der Waals surface area contributed by atoms with Gasteiger partial charge in [0.05, 0.1) is 12.7 Å². The van der Waals surface area contributed by atoms with Gasteiger partial charge in [-0.15, -0.1) is 11.8 Å². The minimum atomic E-state index is -0.282. The summed E-state index contributed by atoms with van der Waals surface area (Å²) in [4.78, 5) is 12.5. The molecule has 0 unspecified atom stereocenters. The van der Waals surface area contributed by atoms with Crippen LogP contribution in [0.4, 0.5) is 0 Å². The van der Waals surface area contributed by atoms with E-state index in [9.17, 15) is 4.79 Å². The molecular weight excluding hydrogens is 246 g/mol. The Labute approximate surface area is 112 Å². The summed E-state index contributed by atoms with van der Waals surface area (Å²) in [5.41, 5.74) is 6.50. The van der Waals surface area contributed by atoms with Crippen LogP contribution in [-0.2, 0) is 4.74 Å². The van der Waals surface area contributed by atoms with E-state index in [0.717, 1.165) is 12.8 Å². The Morgan fingerprint density at radius 3 is 2.39 bits per heavy atom. The number of thioether (sulfide) groups is 1. The quantitative estimate of drug-likeness (QED) is 0.854. The van der Waals surface area contributed by atoms with Crippen molar-refractivity contribution in [2.75, 3.05) is 7.11 Å². The molecule has 0 aromatic heterocycles. The molecule has 0 atom stereocenters. The molecule has 3 nitrogen and oxygen atoms in total. The van der Waals surface area contributed by atoms with Crippen molar-refractivity contribution < 1.29 is 9.53 Å². The first-order valence-electron chi connectivity index (χ1n) is 6.29. The number of ether oxygens (including phenoxy) is 1. The summed E-state index contributed by atoms with van der Waals surface area (Å²) in [7, 11) is 1.40. The maximum atomic E-state index is 11.3. The number of nitrogens with two attached hydrogens (primary N) is 1. The topological polar surface area (TPSA) is 52.3 Å². The molecular formula is C14H19NO2S. The van der Waals surface area contributed by atoms with Gasteiger partial charge in [-0.3, -0.25) is 0 Å². The van der Waals surface area contributed by atoms with E-state index < -0.39 is 0 Å². The molecule has 18 heavy (non-hydrogen) atoms. The highest BCUT2D eigenvalue weighted by atomic mass is 32.2. The first-order valence-corrected chi connectivity index (χ1v) is 7.17. The van der Waals surface area contributed by atoms with Crippen LogP contribution in [0.1, 0.15) is 36.0 Å². The molecule has 0 aliphatic heterocycles. The maximum absolute atomic E-state index is 11.3. The lowest BCUT2D eigenvalue weighted by Crippen LogP contribution is -2.27. The Hall–Kier alpha value is -1.00. The Morgan fingerprint density at radius 2 is 1.83 bits per heavy atom. The third-order valence-corrected chi connectivity index (χ3v) is 4.65. The molecule has 98 valence electrons. The fraction of sp³-hybridized carbons (Fsp3) is 0.500.